The Bertz CT molecular complexity index is 627. The molecule has 0 saturated carbocycles. The van der Waals surface area contributed by atoms with Gasteiger partial charge in [0.2, 0.25) is 0 Å². The first-order valence-corrected chi connectivity index (χ1v) is 7.05. The Morgan fingerprint density at radius 3 is 2.38 bits per heavy atom. The average molecular weight is 281 g/mol. The van der Waals surface area contributed by atoms with Gasteiger partial charge in [-0.2, -0.15) is 5.26 Å². The zero-order valence-corrected chi connectivity index (χ0v) is 12.4. The maximum atomic E-state index is 9.07. The molecule has 21 heavy (non-hydrogen) atoms. The molecule has 0 unspecified atom stereocenters. The van der Waals surface area contributed by atoms with Gasteiger partial charge in [0.05, 0.1) is 12.7 Å². The lowest BCUT2D eigenvalue weighted by Crippen LogP contribution is -1.97. The molecule has 0 fully saturated rings. The molecule has 0 atom stereocenters. The molecule has 0 aliphatic rings. The number of rotatable bonds is 6. The van der Waals surface area contributed by atoms with Crippen LogP contribution in [-0.2, 0) is 13.0 Å². The molecular weight excluding hydrogens is 262 g/mol. The predicted octanol–water partition coefficient (Wildman–Crippen LogP) is 4.10. The number of aryl methyl sites for hydroxylation is 1. The highest BCUT2D eigenvalue weighted by Crippen LogP contribution is 2.20. The van der Waals surface area contributed by atoms with Crippen molar-refractivity contribution in [3.63, 3.8) is 0 Å². The molecule has 3 heteroatoms. The molecule has 0 spiro atoms. The fraction of sp³-hybridized carbons (Fsp3) is 0.278. The van der Waals surface area contributed by atoms with Crippen LogP contribution in [0.5, 0.6) is 11.5 Å². The number of methoxy groups -OCH3 is 1. The summed E-state index contributed by atoms with van der Waals surface area (Å²) in [7, 11) is 1.56. The van der Waals surface area contributed by atoms with Crippen LogP contribution in [0.4, 0.5) is 0 Å². The molecule has 3 nitrogen and oxygen atoms in total. The van der Waals surface area contributed by atoms with Crippen LogP contribution in [0.15, 0.2) is 42.5 Å². The van der Waals surface area contributed by atoms with E-state index in [4.69, 9.17) is 14.7 Å². The highest BCUT2D eigenvalue weighted by atomic mass is 16.5. The van der Waals surface area contributed by atoms with Crippen molar-refractivity contribution >= 4 is 0 Å². The van der Waals surface area contributed by atoms with E-state index >= 15 is 0 Å². The van der Waals surface area contributed by atoms with Crippen molar-refractivity contribution in [1.82, 2.24) is 0 Å². The Morgan fingerprint density at radius 2 is 1.76 bits per heavy atom. The van der Waals surface area contributed by atoms with Crippen LogP contribution in [0.1, 0.15) is 30.0 Å². The van der Waals surface area contributed by atoms with Crippen molar-refractivity contribution in [1.29, 1.82) is 5.26 Å². The molecule has 2 rings (SSSR count). The van der Waals surface area contributed by atoms with E-state index in [0.29, 0.717) is 17.9 Å². The van der Waals surface area contributed by atoms with Gasteiger partial charge in [-0.3, -0.25) is 0 Å². The number of ether oxygens (including phenoxy) is 2. The molecule has 2 aromatic rings. The molecule has 0 bridgehead atoms. The number of hydrogen-bond acceptors (Lipinski definition) is 3. The van der Waals surface area contributed by atoms with Crippen molar-refractivity contribution in [2.24, 2.45) is 0 Å². The summed E-state index contributed by atoms with van der Waals surface area (Å²) in [5.41, 5.74) is 2.79. The summed E-state index contributed by atoms with van der Waals surface area (Å²) in [6.07, 6.45) is 2.23. The maximum absolute atomic E-state index is 9.07. The van der Waals surface area contributed by atoms with Crippen molar-refractivity contribution in [2.45, 2.75) is 26.4 Å². The van der Waals surface area contributed by atoms with Gasteiger partial charge < -0.3 is 9.47 Å². The SMILES string of the molecule is CCCc1ccc(OCc2ccc(OC)c(C#N)c2)cc1. The van der Waals surface area contributed by atoms with E-state index in [2.05, 4.69) is 25.1 Å². The summed E-state index contributed by atoms with van der Waals surface area (Å²) in [4.78, 5) is 0. The van der Waals surface area contributed by atoms with E-state index in [-0.39, 0.29) is 0 Å². The lowest BCUT2D eigenvalue weighted by Gasteiger charge is -2.09. The van der Waals surface area contributed by atoms with E-state index in [1.165, 1.54) is 5.56 Å². The number of benzene rings is 2. The third-order valence-electron chi connectivity index (χ3n) is 3.25. The first kappa shape index (κ1) is 14.9. The number of nitrogens with zero attached hydrogens (tertiary/aromatic N) is 1. The van der Waals surface area contributed by atoms with E-state index in [9.17, 15) is 0 Å². The van der Waals surface area contributed by atoms with Crippen molar-refractivity contribution in [3.05, 3.63) is 59.2 Å². The summed E-state index contributed by atoms with van der Waals surface area (Å²) in [5.74, 6) is 1.43. The molecule has 0 radical (unpaired) electrons. The Labute approximate surface area is 125 Å². The molecule has 108 valence electrons. The Balaban J connectivity index is 2.01. The summed E-state index contributed by atoms with van der Waals surface area (Å²) in [5, 5.41) is 9.07. The van der Waals surface area contributed by atoms with Gasteiger partial charge in [0.1, 0.15) is 24.2 Å². The molecular formula is C18H19NO2. The molecule has 2 aromatic carbocycles. The summed E-state index contributed by atoms with van der Waals surface area (Å²) in [6, 6.07) is 15.8. The monoisotopic (exact) mass is 281 g/mol. The molecule has 0 saturated heterocycles. The lowest BCUT2D eigenvalue weighted by atomic mass is 10.1. The van der Waals surface area contributed by atoms with Crippen LogP contribution in [0, 0.1) is 11.3 Å². The maximum Gasteiger partial charge on any atom is 0.136 e. The largest absolute Gasteiger partial charge is 0.495 e. The van der Waals surface area contributed by atoms with Crippen molar-refractivity contribution in [2.75, 3.05) is 7.11 Å². The van der Waals surface area contributed by atoms with Gasteiger partial charge in [0.15, 0.2) is 0 Å². The molecule has 0 heterocycles. The second kappa shape index (κ2) is 7.35. The fourth-order valence-electron chi connectivity index (χ4n) is 2.14. The molecule has 0 aromatic heterocycles. The van der Waals surface area contributed by atoms with Crippen LogP contribution in [-0.4, -0.2) is 7.11 Å². The number of nitriles is 1. The summed E-state index contributed by atoms with van der Waals surface area (Å²) in [6.45, 7) is 2.60. The van der Waals surface area contributed by atoms with E-state index < -0.39 is 0 Å². The van der Waals surface area contributed by atoms with Crippen LogP contribution in [0.3, 0.4) is 0 Å². The van der Waals surface area contributed by atoms with Gasteiger partial charge in [-0.15, -0.1) is 0 Å². The topological polar surface area (TPSA) is 42.2 Å². The third kappa shape index (κ3) is 4.00. The van der Waals surface area contributed by atoms with Gasteiger partial charge in [-0.05, 0) is 41.8 Å². The first-order chi connectivity index (χ1) is 10.3. The Kier molecular flexibility index (Phi) is 5.22. The quantitative estimate of drug-likeness (QED) is 0.800. The first-order valence-electron chi connectivity index (χ1n) is 7.05. The summed E-state index contributed by atoms with van der Waals surface area (Å²) >= 11 is 0. The van der Waals surface area contributed by atoms with Crippen LogP contribution in [0.25, 0.3) is 0 Å². The molecule has 0 amide bonds. The highest BCUT2D eigenvalue weighted by Gasteiger charge is 2.04. The molecule has 0 aliphatic heterocycles. The normalized spacial score (nSPS) is 9.95. The Hall–Kier alpha value is -2.47. The van der Waals surface area contributed by atoms with Gasteiger partial charge in [-0.25, -0.2) is 0 Å². The summed E-state index contributed by atoms with van der Waals surface area (Å²) < 4.78 is 10.9. The predicted molar refractivity (Wildman–Crippen MR) is 82.5 cm³/mol. The second-order valence-corrected chi connectivity index (χ2v) is 4.83. The van der Waals surface area contributed by atoms with Crippen molar-refractivity contribution in [3.8, 4) is 17.6 Å². The third-order valence-corrected chi connectivity index (χ3v) is 3.25. The smallest absolute Gasteiger partial charge is 0.136 e. The van der Waals surface area contributed by atoms with E-state index in [0.717, 1.165) is 24.2 Å². The highest BCUT2D eigenvalue weighted by molar-refractivity contribution is 5.45. The van der Waals surface area contributed by atoms with Gasteiger partial charge in [0, 0.05) is 0 Å². The van der Waals surface area contributed by atoms with Crippen LogP contribution < -0.4 is 9.47 Å². The average Bonchev–Trinajstić information content (AvgIpc) is 2.54. The number of hydrogen-bond donors (Lipinski definition) is 0. The molecule has 0 N–H and O–H groups in total. The molecule has 0 aliphatic carbocycles. The van der Waals surface area contributed by atoms with Gasteiger partial charge in [0.25, 0.3) is 0 Å². The van der Waals surface area contributed by atoms with Crippen LogP contribution >= 0.6 is 0 Å². The van der Waals surface area contributed by atoms with Crippen LogP contribution in [0.2, 0.25) is 0 Å². The second-order valence-electron chi connectivity index (χ2n) is 4.83. The van der Waals surface area contributed by atoms with E-state index in [1.807, 2.05) is 18.2 Å². The van der Waals surface area contributed by atoms with Gasteiger partial charge in [-0.1, -0.05) is 31.5 Å². The van der Waals surface area contributed by atoms with Gasteiger partial charge >= 0.3 is 0 Å². The van der Waals surface area contributed by atoms with Crippen molar-refractivity contribution < 1.29 is 9.47 Å². The minimum absolute atomic E-state index is 0.436. The lowest BCUT2D eigenvalue weighted by molar-refractivity contribution is 0.306. The minimum Gasteiger partial charge on any atom is -0.495 e. The zero-order valence-electron chi connectivity index (χ0n) is 12.4. The Morgan fingerprint density at radius 1 is 1.05 bits per heavy atom. The fourth-order valence-corrected chi connectivity index (χ4v) is 2.14. The standard InChI is InChI=1S/C18H19NO2/c1-3-4-14-5-8-17(9-6-14)21-13-15-7-10-18(20-2)16(11-15)12-19/h5-11H,3-4,13H2,1-2H3. The zero-order chi connectivity index (χ0) is 15.1. The van der Waals surface area contributed by atoms with E-state index in [1.54, 1.807) is 19.2 Å². The minimum atomic E-state index is 0.436.